The van der Waals surface area contributed by atoms with Gasteiger partial charge in [0, 0.05) is 25.6 Å². The molecule has 5 heteroatoms. The summed E-state index contributed by atoms with van der Waals surface area (Å²) >= 11 is 0. The van der Waals surface area contributed by atoms with Crippen LogP contribution < -0.4 is 0 Å². The molecule has 3 heterocycles. The molecule has 3 aliphatic heterocycles. The molecule has 0 aromatic carbocycles. The van der Waals surface area contributed by atoms with Crippen molar-refractivity contribution in [3.63, 3.8) is 0 Å². The van der Waals surface area contributed by atoms with Gasteiger partial charge in [-0.3, -0.25) is 8.63 Å². The molecule has 0 aromatic rings. The Hall–Kier alpha value is -0.155. The van der Waals surface area contributed by atoms with Crippen molar-refractivity contribution < 1.29 is 8.63 Å². The van der Waals surface area contributed by atoms with Crippen molar-refractivity contribution in [2.24, 2.45) is 0 Å². The lowest BCUT2D eigenvalue weighted by molar-refractivity contribution is 0.197. The van der Waals surface area contributed by atoms with Gasteiger partial charge in [0.1, 0.15) is 0 Å². The average Bonchev–Trinajstić information content (AvgIpc) is 2.39. The van der Waals surface area contributed by atoms with E-state index >= 15 is 0 Å². The smallest absolute Gasteiger partial charge is 0.302 e. The minimum Gasteiger partial charge on any atom is -0.302 e. The third kappa shape index (κ3) is 2.20. The Kier molecular flexibility index (Phi) is 2.84. The van der Waals surface area contributed by atoms with Gasteiger partial charge in [-0.25, -0.2) is 0 Å². The van der Waals surface area contributed by atoms with Gasteiger partial charge in [-0.15, -0.1) is 0 Å². The first-order valence-corrected chi connectivity index (χ1v) is 5.00. The van der Waals surface area contributed by atoms with Gasteiger partial charge in [0.05, 0.1) is 0 Å². The quantitative estimate of drug-likeness (QED) is 0.589. The van der Waals surface area contributed by atoms with Crippen LogP contribution in [-0.2, 0) is 0 Å². The zero-order valence-corrected chi connectivity index (χ0v) is 7.75. The second kappa shape index (κ2) is 3.92. The van der Waals surface area contributed by atoms with E-state index in [1.165, 1.54) is 0 Å². The molecule has 0 aliphatic carbocycles. The molecule has 0 saturated carbocycles. The highest BCUT2D eigenvalue weighted by Crippen LogP contribution is 2.20. The normalized spacial score (nSPS) is 34.6. The maximum atomic E-state index is 12.2. The SMILES string of the molecule is FB(F)CN1CCN2CCC1CC2. The Morgan fingerprint density at radius 2 is 1.77 bits per heavy atom. The number of nitrogens with zero attached hydrogens (tertiary/aromatic N) is 2. The van der Waals surface area contributed by atoms with E-state index in [-0.39, 0.29) is 6.44 Å². The van der Waals surface area contributed by atoms with Crippen molar-refractivity contribution in [1.29, 1.82) is 0 Å². The molecule has 0 atom stereocenters. The topological polar surface area (TPSA) is 6.48 Å². The highest BCUT2D eigenvalue weighted by molar-refractivity contribution is 6.42. The van der Waals surface area contributed by atoms with Gasteiger partial charge in [0.2, 0.25) is 0 Å². The molecular formula is C8H15BF2N2. The molecule has 13 heavy (non-hydrogen) atoms. The zero-order chi connectivity index (χ0) is 9.26. The van der Waals surface area contributed by atoms with E-state index in [0.717, 1.165) is 39.0 Å². The molecule has 0 unspecified atom stereocenters. The minimum atomic E-state index is -2.17. The monoisotopic (exact) mass is 188 g/mol. The predicted octanol–water partition coefficient (Wildman–Crippen LogP) is 0.733. The average molecular weight is 188 g/mol. The van der Waals surface area contributed by atoms with Crippen LogP contribution in [0.5, 0.6) is 0 Å². The molecule has 0 N–H and O–H groups in total. The third-order valence-electron chi connectivity index (χ3n) is 3.15. The molecule has 0 spiro atoms. The van der Waals surface area contributed by atoms with Crippen molar-refractivity contribution in [3.8, 4) is 0 Å². The summed E-state index contributed by atoms with van der Waals surface area (Å²) in [7, 11) is -2.17. The van der Waals surface area contributed by atoms with Crippen LogP contribution in [0.25, 0.3) is 0 Å². The molecule has 0 aromatic heterocycles. The molecule has 3 fully saturated rings. The van der Waals surface area contributed by atoms with E-state index in [0.29, 0.717) is 6.04 Å². The Morgan fingerprint density at radius 1 is 1.08 bits per heavy atom. The van der Waals surface area contributed by atoms with Crippen LogP contribution in [0.2, 0.25) is 0 Å². The zero-order valence-electron chi connectivity index (χ0n) is 7.75. The largest absolute Gasteiger partial charge is 0.551 e. The van der Waals surface area contributed by atoms with Gasteiger partial charge >= 0.3 is 7.27 Å². The molecule has 2 bridgehead atoms. The van der Waals surface area contributed by atoms with E-state index in [4.69, 9.17) is 0 Å². The molecule has 3 aliphatic rings. The molecule has 0 amide bonds. The summed E-state index contributed by atoms with van der Waals surface area (Å²) in [5.74, 6) is 0. The number of halogens is 2. The second-order valence-corrected chi connectivity index (χ2v) is 3.96. The van der Waals surface area contributed by atoms with Crippen LogP contribution in [0, 0.1) is 0 Å². The highest BCUT2D eigenvalue weighted by Gasteiger charge is 2.31. The lowest BCUT2D eigenvalue weighted by Crippen LogP contribution is -2.41. The van der Waals surface area contributed by atoms with Crippen LogP contribution >= 0.6 is 0 Å². The van der Waals surface area contributed by atoms with Crippen LogP contribution in [-0.4, -0.2) is 55.7 Å². The van der Waals surface area contributed by atoms with E-state index in [1.807, 2.05) is 4.90 Å². The minimum absolute atomic E-state index is 0.0293. The van der Waals surface area contributed by atoms with Gasteiger partial charge < -0.3 is 9.80 Å². The lowest BCUT2D eigenvalue weighted by atomic mass is 9.95. The number of fused-ring (bicyclic) bond motifs is 4. The summed E-state index contributed by atoms with van der Waals surface area (Å²) in [6.07, 6.45) is 2.12. The molecule has 0 radical (unpaired) electrons. The fourth-order valence-electron chi connectivity index (χ4n) is 2.38. The molecule has 74 valence electrons. The van der Waals surface area contributed by atoms with Crippen molar-refractivity contribution in [2.75, 3.05) is 32.6 Å². The Bertz CT molecular complexity index is 172. The Morgan fingerprint density at radius 3 is 2.38 bits per heavy atom. The number of hydrogen-bond donors (Lipinski definition) is 0. The number of hydrogen-bond acceptors (Lipinski definition) is 2. The summed E-state index contributed by atoms with van der Waals surface area (Å²) in [5, 5.41) is 0. The summed E-state index contributed by atoms with van der Waals surface area (Å²) in [6.45, 7) is 4.01. The van der Waals surface area contributed by atoms with E-state index < -0.39 is 7.27 Å². The Balaban J connectivity index is 1.95. The van der Waals surface area contributed by atoms with Crippen molar-refractivity contribution >= 4 is 7.27 Å². The van der Waals surface area contributed by atoms with Crippen molar-refractivity contribution in [1.82, 2.24) is 9.80 Å². The first kappa shape index (κ1) is 9.40. The molecular weight excluding hydrogens is 173 g/mol. The lowest BCUT2D eigenvalue weighted by Gasteiger charge is -2.30. The maximum absolute atomic E-state index is 12.2. The van der Waals surface area contributed by atoms with Gasteiger partial charge in [-0.1, -0.05) is 0 Å². The van der Waals surface area contributed by atoms with Gasteiger partial charge in [0.25, 0.3) is 0 Å². The summed E-state index contributed by atoms with van der Waals surface area (Å²) in [4.78, 5) is 4.35. The molecule has 3 rings (SSSR count). The summed E-state index contributed by atoms with van der Waals surface area (Å²) in [6, 6.07) is 0.424. The van der Waals surface area contributed by atoms with E-state index in [2.05, 4.69) is 4.90 Å². The fourth-order valence-corrected chi connectivity index (χ4v) is 2.38. The van der Waals surface area contributed by atoms with Crippen LogP contribution in [0.1, 0.15) is 12.8 Å². The van der Waals surface area contributed by atoms with Crippen LogP contribution in [0.4, 0.5) is 8.63 Å². The van der Waals surface area contributed by atoms with Crippen molar-refractivity contribution in [3.05, 3.63) is 0 Å². The van der Waals surface area contributed by atoms with Crippen LogP contribution in [0.15, 0.2) is 0 Å². The number of rotatable bonds is 2. The van der Waals surface area contributed by atoms with Crippen molar-refractivity contribution in [2.45, 2.75) is 18.9 Å². The standard InChI is InChI=1S/C8H15BF2N2/c10-9(11)7-13-6-5-12-3-1-8(13)2-4-12/h8H,1-7H2. The first-order chi connectivity index (χ1) is 6.25. The number of piperidine rings is 1. The summed E-state index contributed by atoms with van der Waals surface area (Å²) in [5.41, 5.74) is 0. The van der Waals surface area contributed by atoms with E-state index in [9.17, 15) is 8.63 Å². The third-order valence-corrected chi connectivity index (χ3v) is 3.15. The maximum Gasteiger partial charge on any atom is 0.551 e. The van der Waals surface area contributed by atoms with Crippen LogP contribution in [0.3, 0.4) is 0 Å². The molecule has 3 saturated heterocycles. The predicted molar refractivity (Wildman–Crippen MR) is 49.0 cm³/mol. The van der Waals surface area contributed by atoms with Gasteiger partial charge in [-0.2, -0.15) is 0 Å². The highest BCUT2D eigenvalue weighted by atomic mass is 19.2. The Labute approximate surface area is 78.1 Å². The first-order valence-electron chi connectivity index (χ1n) is 5.00. The van der Waals surface area contributed by atoms with E-state index in [1.54, 1.807) is 0 Å². The second-order valence-electron chi connectivity index (χ2n) is 3.96. The van der Waals surface area contributed by atoms with Gasteiger partial charge in [0.15, 0.2) is 0 Å². The summed E-state index contributed by atoms with van der Waals surface area (Å²) < 4.78 is 24.4. The molecule has 2 nitrogen and oxygen atoms in total. The fraction of sp³-hybridized carbons (Fsp3) is 1.00. The van der Waals surface area contributed by atoms with Gasteiger partial charge in [-0.05, 0) is 25.9 Å².